The Kier molecular flexibility index (Phi) is 5.21. The molecule has 0 spiro atoms. The minimum absolute atomic E-state index is 0.0393. The highest BCUT2D eigenvalue weighted by atomic mass is 19.1. The van der Waals surface area contributed by atoms with Gasteiger partial charge < -0.3 is 34.1 Å². The van der Waals surface area contributed by atoms with E-state index in [-0.39, 0.29) is 36.7 Å². The van der Waals surface area contributed by atoms with E-state index in [1.54, 1.807) is 6.07 Å². The van der Waals surface area contributed by atoms with E-state index in [4.69, 9.17) is 29.2 Å². The molecule has 3 aliphatic rings. The molecule has 1 amide bonds. The molecule has 0 saturated carbocycles. The van der Waals surface area contributed by atoms with Gasteiger partial charge in [0.1, 0.15) is 6.10 Å². The predicted molar refractivity (Wildman–Crippen MR) is 108 cm³/mol. The van der Waals surface area contributed by atoms with Crippen molar-refractivity contribution in [3.63, 3.8) is 0 Å². The molecule has 0 unspecified atom stereocenters. The monoisotopic (exact) mass is 436 g/mol. The van der Waals surface area contributed by atoms with Gasteiger partial charge in [-0.2, -0.15) is 0 Å². The summed E-state index contributed by atoms with van der Waals surface area (Å²) >= 11 is 0. The fourth-order valence-electron chi connectivity index (χ4n) is 4.45. The van der Waals surface area contributed by atoms with Crippen LogP contribution in [0.4, 0.5) is 20.7 Å². The van der Waals surface area contributed by atoms with Crippen LogP contribution in [0.2, 0.25) is 0 Å². The Morgan fingerprint density at radius 1 is 1.19 bits per heavy atom. The molecule has 1 aromatic heterocycles. The predicted octanol–water partition coefficient (Wildman–Crippen LogP) is 1.91. The normalized spacial score (nSPS) is 27.5. The second-order valence-electron chi connectivity index (χ2n) is 8.10. The highest BCUT2D eigenvalue weighted by Crippen LogP contribution is 2.42. The van der Waals surface area contributed by atoms with E-state index in [2.05, 4.69) is 5.16 Å². The number of nitrogens with two attached hydrogens (primary N) is 1. The number of hydrogen-bond donors (Lipinski definition) is 1. The number of morpholine rings is 1. The minimum atomic E-state index is -0.729. The molecule has 3 aliphatic heterocycles. The highest BCUT2D eigenvalue weighted by molar-refractivity contribution is 6.00. The number of nitrogens with zero attached hydrogens (tertiary/aromatic N) is 3. The fourth-order valence-corrected chi connectivity index (χ4v) is 4.45. The summed E-state index contributed by atoms with van der Waals surface area (Å²) < 4.78 is 43.7. The second-order valence-corrected chi connectivity index (χ2v) is 8.10. The molecular weight excluding hydrogens is 411 g/mol. The van der Waals surface area contributed by atoms with Crippen molar-refractivity contribution in [3.05, 3.63) is 17.4 Å². The standard InChI is InChI=1S/C20H25FN4O6/c1-10-7-24(8-11(2)29-10)16-13(19-27-3-4-28-19)5-14-17(15(16)21)31-23-18(14)25-9-12(6-22)30-20(25)26/h5,10-12,19H,3-4,6-9,22H2,1-2H3/t10-,11-,12+/m1/s1. The van der Waals surface area contributed by atoms with Crippen LogP contribution in [-0.2, 0) is 18.9 Å². The summed E-state index contributed by atoms with van der Waals surface area (Å²) in [5.74, 6) is -0.390. The van der Waals surface area contributed by atoms with Gasteiger partial charge >= 0.3 is 6.09 Å². The summed E-state index contributed by atoms with van der Waals surface area (Å²) in [6.45, 7) is 6.11. The Labute approximate surface area is 177 Å². The molecule has 11 heteroatoms. The molecular formula is C20H25FN4O6. The lowest BCUT2D eigenvalue weighted by Crippen LogP contribution is -2.46. The van der Waals surface area contributed by atoms with Crippen molar-refractivity contribution in [2.75, 3.05) is 49.2 Å². The Balaban J connectivity index is 1.63. The number of cyclic esters (lactones) is 1. The van der Waals surface area contributed by atoms with Gasteiger partial charge in [0, 0.05) is 25.2 Å². The van der Waals surface area contributed by atoms with Crippen molar-refractivity contribution in [2.24, 2.45) is 5.73 Å². The third-order valence-electron chi connectivity index (χ3n) is 5.69. The number of benzene rings is 1. The lowest BCUT2D eigenvalue weighted by atomic mass is 10.0. The van der Waals surface area contributed by atoms with E-state index in [9.17, 15) is 4.79 Å². The van der Waals surface area contributed by atoms with Crippen LogP contribution in [0, 0.1) is 5.82 Å². The van der Waals surface area contributed by atoms with Crippen LogP contribution in [-0.4, -0.2) is 69.0 Å². The summed E-state index contributed by atoms with van der Waals surface area (Å²) in [6, 6.07) is 1.73. The van der Waals surface area contributed by atoms with E-state index < -0.39 is 24.3 Å². The number of rotatable bonds is 4. The third kappa shape index (κ3) is 3.51. The van der Waals surface area contributed by atoms with E-state index in [1.165, 1.54) is 4.90 Å². The van der Waals surface area contributed by atoms with E-state index >= 15 is 4.39 Å². The average molecular weight is 436 g/mol. The first-order valence-corrected chi connectivity index (χ1v) is 10.4. The number of carbonyl (C=O) groups excluding carboxylic acids is 1. The van der Waals surface area contributed by atoms with Crippen molar-refractivity contribution in [1.29, 1.82) is 0 Å². The maximum Gasteiger partial charge on any atom is 0.416 e. The molecule has 4 heterocycles. The molecule has 0 bridgehead atoms. The minimum Gasteiger partial charge on any atom is -0.443 e. The first-order valence-electron chi connectivity index (χ1n) is 10.4. The van der Waals surface area contributed by atoms with E-state index in [0.717, 1.165) is 0 Å². The molecule has 5 rings (SSSR count). The van der Waals surface area contributed by atoms with Gasteiger partial charge in [-0.05, 0) is 19.9 Å². The smallest absolute Gasteiger partial charge is 0.416 e. The van der Waals surface area contributed by atoms with Gasteiger partial charge in [-0.3, -0.25) is 4.90 Å². The quantitative estimate of drug-likeness (QED) is 0.768. The topological polar surface area (TPSA) is 113 Å². The van der Waals surface area contributed by atoms with Crippen molar-refractivity contribution in [2.45, 2.75) is 38.4 Å². The summed E-state index contributed by atoms with van der Waals surface area (Å²) in [5, 5.41) is 4.33. The van der Waals surface area contributed by atoms with Crippen LogP contribution in [0.1, 0.15) is 25.7 Å². The van der Waals surface area contributed by atoms with Gasteiger partial charge in [-0.25, -0.2) is 9.18 Å². The van der Waals surface area contributed by atoms with Gasteiger partial charge in [0.2, 0.25) is 5.58 Å². The highest BCUT2D eigenvalue weighted by Gasteiger charge is 2.38. The number of amides is 1. The van der Waals surface area contributed by atoms with Crippen molar-refractivity contribution >= 4 is 28.6 Å². The average Bonchev–Trinajstić information content (AvgIpc) is 3.46. The third-order valence-corrected chi connectivity index (χ3v) is 5.69. The lowest BCUT2D eigenvalue weighted by molar-refractivity contribution is -0.0445. The van der Waals surface area contributed by atoms with E-state index in [1.807, 2.05) is 18.7 Å². The fraction of sp³-hybridized carbons (Fsp3) is 0.600. The van der Waals surface area contributed by atoms with Crippen LogP contribution in [0.15, 0.2) is 10.6 Å². The van der Waals surface area contributed by atoms with Gasteiger partial charge in [0.15, 0.2) is 17.9 Å². The molecule has 1 aromatic carbocycles. The number of aromatic nitrogens is 1. The van der Waals surface area contributed by atoms with Crippen LogP contribution < -0.4 is 15.5 Å². The Morgan fingerprint density at radius 3 is 2.55 bits per heavy atom. The number of halogens is 1. The van der Waals surface area contributed by atoms with E-state index in [0.29, 0.717) is 42.9 Å². The summed E-state index contributed by atoms with van der Waals surface area (Å²) in [7, 11) is 0. The maximum absolute atomic E-state index is 15.9. The largest absolute Gasteiger partial charge is 0.443 e. The number of fused-ring (bicyclic) bond motifs is 1. The number of anilines is 2. The molecule has 2 aromatic rings. The van der Waals surface area contributed by atoms with Crippen LogP contribution >= 0.6 is 0 Å². The lowest BCUT2D eigenvalue weighted by Gasteiger charge is -2.38. The number of ether oxygens (including phenoxy) is 4. The molecule has 2 N–H and O–H groups in total. The zero-order valence-corrected chi connectivity index (χ0v) is 17.4. The molecule has 0 radical (unpaired) electrons. The molecule has 10 nitrogen and oxygen atoms in total. The first-order chi connectivity index (χ1) is 15.0. The Morgan fingerprint density at radius 2 is 1.90 bits per heavy atom. The van der Waals surface area contributed by atoms with Gasteiger partial charge in [-0.15, -0.1) is 0 Å². The summed E-state index contributed by atoms with van der Waals surface area (Å²) in [5.41, 5.74) is 6.45. The Hall–Kier alpha value is -2.47. The Bertz CT molecular complexity index is 984. The van der Waals surface area contributed by atoms with Gasteiger partial charge in [-0.1, -0.05) is 5.16 Å². The van der Waals surface area contributed by atoms with Gasteiger partial charge in [0.25, 0.3) is 0 Å². The van der Waals surface area contributed by atoms with Crippen LogP contribution in [0.5, 0.6) is 0 Å². The molecule has 3 fully saturated rings. The second kappa shape index (κ2) is 7.90. The first kappa shape index (κ1) is 20.4. The maximum atomic E-state index is 15.9. The molecule has 31 heavy (non-hydrogen) atoms. The number of hydrogen-bond acceptors (Lipinski definition) is 9. The molecule has 168 valence electrons. The zero-order chi connectivity index (χ0) is 21.7. The molecule has 0 aliphatic carbocycles. The molecule has 3 saturated heterocycles. The van der Waals surface area contributed by atoms with Gasteiger partial charge in [0.05, 0.1) is 43.0 Å². The van der Waals surface area contributed by atoms with Crippen molar-refractivity contribution in [3.8, 4) is 0 Å². The van der Waals surface area contributed by atoms with Crippen molar-refractivity contribution < 1.29 is 32.7 Å². The molecule has 3 atom stereocenters. The SMILES string of the molecule is C[C@@H]1CN(c2c(C3OCCO3)cc3c(N4C[C@H](CN)OC4=O)noc3c2F)C[C@@H](C)O1. The van der Waals surface area contributed by atoms with Crippen LogP contribution in [0.3, 0.4) is 0 Å². The summed E-state index contributed by atoms with van der Waals surface area (Å²) in [4.78, 5) is 15.5. The number of carbonyl (C=O) groups is 1. The zero-order valence-electron chi connectivity index (χ0n) is 17.4. The van der Waals surface area contributed by atoms with Crippen LogP contribution in [0.25, 0.3) is 11.0 Å². The summed E-state index contributed by atoms with van der Waals surface area (Å²) in [6.07, 6.45) is -1.93. The van der Waals surface area contributed by atoms with Crippen molar-refractivity contribution in [1.82, 2.24) is 5.16 Å².